The Morgan fingerprint density at radius 3 is 2.66 bits per heavy atom. The summed E-state index contributed by atoms with van der Waals surface area (Å²) >= 11 is 0. The van der Waals surface area contributed by atoms with Crippen molar-refractivity contribution in [3.05, 3.63) is 88.3 Å². The molecule has 0 bridgehead atoms. The maximum atomic E-state index is 12.3. The second kappa shape index (κ2) is 10.6. The number of allylic oxidation sites excluding steroid dienone is 1. The van der Waals surface area contributed by atoms with E-state index in [1.807, 2.05) is 43.3 Å². The normalized spacial score (nSPS) is 11.7. The van der Waals surface area contributed by atoms with E-state index in [1.165, 1.54) is 11.1 Å². The molecule has 160 valence electrons. The van der Waals surface area contributed by atoms with E-state index in [0.29, 0.717) is 17.1 Å². The summed E-state index contributed by atoms with van der Waals surface area (Å²) in [5, 5.41) is 6.63. The van der Waals surface area contributed by atoms with Gasteiger partial charge >= 0.3 is 12.2 Å². The monoisotopic (exact) mass is 428 g/mol. The van der Waals surface area contributed by atoms with Crippen molar-refractivity contribution in [3.63, 3.8) is 0 Å². The third-order valence-corrected chi connectivity index (χ3v) is 4.74. The maximum Gasteiger partial charge on any atom is 0.412 e. The fraction of sp³-hybridized carbons (Fsp3) is 0.160. The molecular formula is C25H20N2O5. The van der Waals surface area contributed by atoms with Crippen LogP contribution in [0.2, 0.25) is 0 Å². The number of ether oxygens (including phenoxy) is 1. The summed E-state index contributed by atoms with van der Waals surface area (Å²) in [6, 6.07) is 15.6. The molecule has 0 spiro atoms. The smallest absolute Gasteiger partial charge is 0.412 e. The van der Waals surface area contributed by atoms with Gasteiger partial charge in [-0.15, -0.1) is 0 Å². The zero-order valence-electron chi connectivity index (χ0n) is 17.5. The Morgan fingerprint density at radius 1 is 1.16 bits per heavy atom. The van der Waals surface area contributed by atoms with Crippen molar-refractivity contribution in [3.8, 4) is 11.8 Å². The van der Waals surface area contributed by atoms with Gasteiger partial charge in [-0.2, -0.15) is 9.59 Å². The number of fused-ring (bicyclic) bond motifs is 1. The lowest BCUT2D eigenvalue weighted by molar-refractivity contribution is -0.191. The number of amides is 1. The van der Waals surface area contributed by atoms with Crippen LogP contribution in [0.15, 0.2) is 59.1 Å². The number of hydrogen-bond acceptors (Lipinski definition) is 6. The van der Waals surface area contributed by atoms with Crippen LogP contribution in [0.5, 0.6) is 0 Å². The van der Waals surface area contributed by atoms with Crippen LogP contribution in [0.25, 0.3) is 6.08 Å². The predicted octanol–water partition coefficient (Wildman–Crippen LogP) is 4.68. The number of nitrogens with one attached hydrogen (secondary N) is 1. The zero-order valence-corrected chi connectivity index (χ0v) is 17.5. The fourth-order valence-corrected chi connectivity index (χ4v) is 3.15. The molecule has 32 heavy (non-hydrogen) atoms. The number of benzene rings is 2. The van der Waals surface area contributed by atoms with Gasteiger partial charge in [-0.05, 0) is 55.0 Å². The van der Waals surface area contributed by atoms with E-state index in [1.54, 1.807) is 6.92 Å². The van der Waals surface area contributed by atoms with Crippen LogP contribution in [-0.2, 0) is 20.7 Å². The van der Waals surface area contributed by atoms with Crippen LogP contribution in [0.1, 0.15) is 46.7 Å². The maximum absolute atomic E-state index is 12.3. The van der Waals surface area contributed by atoms with E-state index in [9.17, 15) is 4.79 Å². The molecule has 7 nitrogen and oxygen atoms in total. The Kier molecular flexibility index (Phi) is 7.37. The molecule has 1 aromatic heterocycles. The summed E-state index contributed by atoms with van der Waals surface area (Å²) in [4.78, 5) is 28.6. The second-order valence-corrected chi connectivity index (χ2v) is 6.91. The molecule has 1 atom stereocenters. The molecule has 0 fully saturated rings. The standard InChI is InChI=1S/C24H20N2O3.CO2/c1-16-23(25-24(27)28-17(2)19-7-4-3-5-8-19)22(29-26-16)14-12-18-11-13-20-9-6-10-21(20)15-18;2-1-3/h3-9,11,13,15,17H,10H2,1-2H3,(H,25,27);. The van der Waals surface area contributed by atoms with Gasteiger partial charge in [0.25, 0.3) is 0 Å². The number of nitrogens with zero attached hydrogens (tertiary/aromatic N) is 1. The molecule has 0 radical (unpaired) electrons. The van der Waals surface area contributed by atoms with Gasteiger partial charge in [-0.1, -0.05) is 59.6 Å². The molecule has 1 N–H and O–H groups in total. The average molecular weight is 428 g/mol. The summed E-state index contributed by atoms with van der Waals surface area (Å²) in [5.74, 6) is 6.34. The van der Waals surface area contributed by atoms with Crippen molar-refractivity contribution in [2.45, 2.75) is 26.4 Å². The number of carbonyl (C=O) groups excluding carboxylic acids is 3. The van der Waals surface area contributed by atoms with Crippen molar-refractivity contribution in [1.82, 2.24) is 5.16 Å². The highest BCUT2D eigenvalue weighted by Crippen LogP contribution is 2.23. The highest BCUT2D eigenvalue weighted by molar-refractivity contribution is 5.87. The van der Waals surface area contributed by atoms with Crippen molar-refractivity contribution in [2.24, 2.45) is 0 Å². The van der Waals surface area contributed by atoms with Gasteiger partial charge in [0.05, 0.1) is 0 Å². The Bertz CT molecular complexity index is 1230. The second-order valence-electron chi connectivity index (χ2n) is 6.91. The number of rotatable bonds is 3. The summed E-state index contributed by atoms with van der Waals surface area (Å²) in [7, 11) is 0. The van der Waals surface area contributed by atoms with Crippen molar-refractivity contribution >= 4 is 24.0 Å². The van der Waals surface area contributed by atoms with Gasteiger partial charge in [-0.25, -0.2) is 4.79 Å². The third-order valence-electron chi connectivity index (χ3n) is 4.74. The summed E-state index contributed by atoms with van der Waals surface area (Å²) in [6.45, 7) is 3.56. The van der Waals surface area contributed by atoms with Crippen LogP contribution in [0.4, 0.5) is 10.5 Å². The fourth-order valence-electron chi connectivity index (χ4n) is 3.15. The largest absolute Gasteiger partial charge is 0.441 e. The van der Waals surface area contributed by atoms with Crippen LogP contribution >= 0.6 is 0 Å². The van der Waals surface area contributed by atoms with Gasteiger partial charge in [-0.3, -0.25) is 5.32 Å². The number of carbonyl (C=O) groups is 1. The summed E-state index contributed by atoms with van der Waals surface area (Å²) in [5.41, 5.74) is 5.23. The van der Waals surface area contributed by atoms with Gasteiger partial charge in [0.1, 0.15) is 17.5 Å². The van der Waals surface area contributed by atoms with Gasteiger partial charge in [0, 0.05) is 5.56 Å². The molecule has 0 aliphatic heterocycles. The quantitative estimate of drug-likeness (QED) is 0.609. The average Bonchev–Trinajstić information content (AvgIpc) is 3.40. The van der Waals surface area contributed by atoms with Crippen LogP contribution in [-0.4, -0.2) is 17.4 Å². The van der Waals surface area contributed by atoms with Gasteiger partial charge in [0.2, 0.25) is 5.76 Å². The summed E-state index contributed by atoms with van der Waals surface area (Å²) < 4.78 is 10.8. The Hall–Kier alpha value is -4.40. The molecule has 2 aromatic carbocycles. The number of hydrogen-bond donors (Lipinski definition) is 1. The number of aromatic nitrogens is 1. The first kappa shape index (κ1) is 22.3. The molecule has 1 amide bonds. The third kappa shape index (κ3) is 5.60. The lowest BCUT2D eigenvalue weighted by Gasteiger charge is -2.13. The molecule has 1 unspecified atom stereocenters. The van der Waals surface area contributed by atoms with Crippen LogP contribution in [0.3, 0.4) is 0 Å². The molecule has 7 heteroatoms. The van der Waals surface area contributed by atoms with Crippen molar-refractivity contribution in [2.75, 3.05) is 5.32 Å². The molecule has 0 saturated heterocycles. The SMILES string of the molecule is Cc1noc(C#Cc2ccc3c(c2)CC=C3)c1NC(=O)OC(C)c1ccccc1.O=C=O. The molecular weight excluding hydrogens is 408 g/mol. The van der Waals surface area contributed by atoms with Gasteiger partial charge in [0.15, 0.2) is 0 Å². The van der Waals surface area contributed by atoms with Crippen molar-refractivity contribution < 1.29 is 23.6 Å². The van der Waals surface area contributed by atoms with Crippen molar-refractivity contribution in [1.29, 1.82) is 0 Å². The van der Waals surface area contributed by atoms with E-state index >= 15 is 0 Å². The zero-order chi connectivity index (χ0) is 22.9. The first-order valence-electron chi connectivity index (χ1n) is 9.81. The van der Waals surface area contributed by atoms with E-state index in [2.05, 4.69) is 46.6 Å². The number of aryl methyl sites for hydroxylation is 1. The first-order chi connectivity index (χ1) is 15.5. The van der Waals surface area contributed by atoms with Gasteiger partial charge < -0.3 is 9.26 Å². The lowest BCUT2D eigenvalue weighted by atomic mass is 10.1. The first-order valence-corrected chi connectivity index (χ1v) is 9.81. The minimum atomic E-state index is -0.584. The van der Waals surface area contributed by atoms with Crippen LogP contribution < -0.4 is 5.32 Å². The van der Waals surface area contributed by atoms with Crippen LogP contribution in [0, 0.1) is 18.8 Å². The Morgan fingerprint density at radius 2 is 1.91 bits per heavy atom. The molecule has 1 aliphatic rings. The molecule has 1 aliphatic carbocycles. The van der Waals surface area contributed by atoms with E-state index in [-0.39, 0.29) is 12.3 Å². The minimum Gasteiger partial charge on any atom is -0.441 e. The highest BCUT2D eigenvalue weighted by Gasteiger charge is 2.17. The molecule has 3 aromatic rings. The Balaban J connectivity index is 0.000000913. The predicted molar refractivity (Wildman–Crippen MR) is 116 cm³/mol. The lowest BCUT2D eigenvalue weighted by Crippen LogP contribution is -2.16. The summed E-state index contributed by atoms with van der Waals surface area (Å²) in [6.07, 6.45) is 4.44. The van der Waals surface area contributed by atoms with E-state index in [0.717, 1.165) is 17.5 Å². The topological polar surface area (TPSA) is 98.5 Å². The molecule has 4 rings (SSSR count). The van der Waals surface area contributed by atoms with E-state index < -0.39 is 6.09 Å². The molecule has 0 saturated carbocycles. The minimum absolute atomic E-state index is 0.250. The highest BCUT2D eigenvalue weighted by atomic mass is 16.6. The molecule has 1 heterocycles. The Labute approximate surface area is 185 Å². The van der Waals surface area contributed by atoms with E-state index in [4.69, 9.17) is 18.8 Å². The number of anilines is 1.